The molecule has 1 saturated carbocycles. The third-order valence-corrected chi connectivity index (χ3v) is 2.45. The quantitative estimate of drug-likeness (QED) is 0.608. The Morgan fingerprint density at radius 2 is 2.12 bits per heavy atom. The molecular weight excluding hydrogens is 206 g/mol. The molecule has 0 saturated heterocycles. The Balaban J connectivity index is 1.86. The van der Waals surface area contributed by atoms with Gasteiger partial charge in [0.05, 0.1) is 6.21 Å². The number of aliphatic carboxylic acids is 1. The van der Waals surface area contributed by atoms with Crippen molar-refractivity contribution in [2.24, 2.45) is 5.16 Å². The van der Waals surface area contributed by atoms with Crippen LogP contribution >= 0.6 is 0 Å². The molecule has 1 aromatic carbocycles. The Kier molecular flexibility index (Phi) is 3.19. The molecule has 0 aliphatic heterocycles. The molecule has 0 atom stereocenters. The van der Waals surface area contributed by atoms with Gasteiger partial charge in [-0.2, -0.15) is 0 Å². The van der Waals surface area contributed by atoms with Gasteiger partial charge in [-0.25, -0.2) is 4.79 Å². The van der Waals surface area contributed by atoms with Gasteiger partial charge in [-0.15, -0.1) is 0 Å². The second-order valence-electron chi connectivity index (χ2n) is 3.84. The first-order chi connectivity index (χ1) is 7.75. The van der Waals surface area contributed by atoms with E-state index in [2.05, 4.69) is 22.1 Å². The fourth-order valence-electron chi connectivity index (χ4n) is 1.46. The van der Waals surface area contributed by atoms with Crippen LogP contribution in [-0.2, 0) is 9.63 Å². The van der Waals surface area contributed by atoms with Gasteiger partial charge in [-0.1, -0.05) is 29.4 Å². The van der Waals surface area contributed by atoms with Gasteiger partial charge in [0.2, 0.25) is 6.61 Å². The molecule has 1 aromatic rings. The number of benzene rings is 1. The SMILES string of the molecule is O=C(O)CON=Cc1ccc(C2CC2)cc1. The van der Waals surface area contributed by atoms with Crippen LogP contribution < -0.4 is 0 Å². The van der Waals surface area contributed by atoms with Gasteiger partial charge in [0.15, 0.2) is 0 Å². The largest absolute Gasteiger partial charge is 0.479 e. The molecule has 0 radical (unpaired) electrons. The fraction of sp³-hybridized carbons (Fsp3) is 0.333. The number of hydrogen-bond acceptors (Lipinski definition) is 3. The van der Waals surface area contributed by atoms with E-state index in [4.69, 9.17) is 5.11 Å². The van der Waals surface area contributed by atoms with Crippen molar-refractivity contribution in [2.45, 2.75) is 18.8 Å². The number of carboxylic acids is 1. The number of carbonyl (C=O) groups is 1. The summed E-state index contributed by atoms with van der Waals surface area (Å²) in [5, 5.41) is 11.9. The lowest BCUT2D eigenvalue weighted by atomic mass is 10.1. The van der Waals surface area contributed by atoms with Gasteiger partial charge in [-0.05, 0) is 29.9 Å². The number of nitrogens with zero attached hydrogens (tertiary/aromatic N) is 1. The lowest BCUT2D eigenvalue weighted by Crippen LogP contribution is -2.03. The maximum absolute atomic E-state index is 10.1. The summed E-state index contributed by atoms with van der Waals surface area (Å²) >= 11 is 0. The molecule has 1 N–H and O–H groups in total. The summed E-state index contributed by atoms with van der Waals surface area (Å²) < 4.78 is 0. The Morgan fingerprint density at radius 1 is 1.44 bits per heavy atom. The smallest absolute Gasteiger partial charge is 0.344 e. The maximum Gasteiger partial charge on any atom is 0.344 e. The van der Waals surface area contributed by atoms with E-state index < -0.39 is 12.6 Å². The monoisotopic (exact) mass is 219 g/mol. The highest BCUT2D eigenvalue weighted by Crippen LogP contribution is 2.39. The predicted molar refractivity (Wildman–Crippen MR) is 59.6 cm³/mol. The average Bonchev–Trinajstić information content (AvgIpc) is 3.09. The van der Waals surface area contributed by atoms with E-state index in [9.17, 15) is 4.79 Å². The van der Waals surface area contributed by atoms with Crippen LogP contribution in [0.15, 0.2) is 29.4 Å². The van der Waals surface area contributed by atoms with E-state index in [1.807, 2.05) is 12.1 Å². The molecular formula is C12H13NO3. The normalized spacial score (nSPS) is 15.2. The van der Waals surface area contributed by atoms with Crippen molar-refractivity contribution in [2.75, 3.05) is 6.61 Å². The number of rotatable bonds is 5. The summed E-state index contributed by atoms with van der Waals surface area (Å²) in [6.07, 6.45) is 4.09. The second kappa shape index (κ2) is 4.79. The molecule has 84 valence electrons. The molecule has 16 heavy (non-hydrogen) atoms. The van der Waals surface area contributed by atoms with Crippen molar-refractivity contribution in [1.82, 2.24) is 0 Å². The minimum absolute atomic E-state index is 0.406. The van der Waals surface area contributed by atoms with Crippen molar-refractivity contribution in [3.63, 3.8) is 0 Å². The fourth-order valence-corrected chi connectivity index (χ4v) is 1.46. The van der Waals surface area contributed by atoms with E-state index >= 15 is 0 Å². The summed E-state index contributed by atoms with van der Waals surface area (Å²) in [4.78, 5) is 14.7. The number of carboxylic acid groups (broad SMARTS) is 1. The lowest BCUT2D eigenvalue weighted by Gasteiger charge is -1.98. The third-order valence-electron chi connectivity index (χ3n) is 2.45. The zero-order valence-electron chi connectivity index (χ0n) is 8.80. The van der Waals surface area contributed by atoms with Crippen LogP contribution in [0.5, 0.6) is 0 Å². The summed E-state index contributed by atoms with van der Waals surface area (Å²) in [7, 11) is 0. The van der Waals surface area contributed by atoms with Crippen LogP contribution in [0.3, 0.4) is 0 Å². The van der Waals surface area contributed by atoms with E-state index in [1.54, 1.807) is 0 Å². The second-order valence-corrected chi connectivity index (χ2v) is 3.84. The van der Waals surface area contributed by atoms with Gasteiger partial charge in [0, 0.05) is 0 Å². The van der Waals surface area contributed by atoms with E-state index in [0.29, 0.717) is 0 Å². The number of hydrogen-bond donors (Lipinski definition) is 1. The van der Waals surface area contributed by atoms with Gasteiger partial charge in [0.25, 0.3) is 0 Å². The van der Waals surface area contributed by atoms with Crippen LogP contribution in [-0.4, -0.2) is 23.9 Å². The molecule has 0 amide bonds. The van der Waals surface area contributed by atoms with Gasteiger partial charge < -0.3 is 9.94 Å². The zero-order chi connectivity index (χ0) is 11.4. The average molecular weight is 219 g/mol. The first-order valence-electron chi connectivity index (χ1n) is 5.23. The minimum Gasteiger partial charge on any atom is -0.479 e. The van der Waals surface area contributed by atoms with Crippen LogP contribution in [0.1, 0.15) is 29.9 Å². The Bertz CT molecular complexity index is 393. The predicted octanol–water partition coefficient (Wildman–Crippen LogP) is 2.00. The van der Waals surface area contributed by atoms with E-state index in [1.165, 1.54) is 24.6 Å². The van der Waals surface area contributed by atoms with Crippen LogP contribution in [0.25, 0.3) is 0 Å². The van der Waals surface area contributed by atoms with Gasteiger partial charge >= 0.3 is 5.97 Å². The molecule has 4 nitrogen and oxygen atoms in total. The third kappa shape index (κ3) is 3.08. The lowest BCUT2D eigenvalue weighted by molar-refractivity contribution is -0.142. The van der Waals surface area contributed by atoms with Crippen molar-refractivity contribution < 1.29 is 14.7 Å². The molecule has 0 heterocycles. The number of oxime groups is 1. The summed E-state index contributed by atoms with van der Waals surface area (Å²) in [5.74, 6) is -0.282. The van der Waals surface area contributed by atoms with E-state index in [-0.39, 0.29) is 0 Å². The standard InChI is InChI=1S/C12H13NO3/c14-12(15)8-16-13-7-9-1-3-10(4-2-9)11-5-6-11/h1-4,7,11H,5-6,8H2,(H,14,15). The maximum atomic E-state index is 10.1. The van der Waals surface area contributed by atoms with E-state index in [0.717, 1.165) is 11.5 Å². The molecule has 4 heteroatoms. The van der Waals surface area contributed by atoms with Crippen molar-refractivity contribution in [3.8, 4) is 0 Å². The summed E-state index contributed by atoms with van der Waals surface area (Å²) in [6.45, 7) is -0.406. The Morgan fingerprint density at radius 3 is 2.69 bits per heavy atom. The highest BCUT2D eigenvalue weighted by Gasteiger charge is 2.22. The van der Waals surface area contributed by atoms with Crippen molar-refractivity contribution in [1.29, 1.82) is 0 Å². The highest BCUT2D eigenvalue weighted by atomic mass is 16.6. The first kappa shape index (κ1) is 10.7. The molecule has 1 fully saturated rings. The van der Waals surface area contributed by atoms with Gasteiger partial charge in [-0.3, -0.25) is 0 Å². The summed E-state index contributed by atoms with van der Waals surface area (Å²) in [5.41, 5.74) is 2.28. The van der Waals surface area contributed by atoms with Crippen LogP contribution in [0, 0.1) is 0 Å². The molecule has 1 aliphatic carbocycles. The van der Waals surface area contributed by atoms with Crippen LogP contribution in [0.2, 0.25) is 0 Å². The summed E-state index contributed by atoms with van der Waals surface area (Å²) in [6, 6.07) is 8.08. The molecule has 0 bridgehead atoms. The van der Waals surface area contributed by atoms with Crippen LogP contribution in [0.4, 0.5) is 0 Å². The minimum atomic E-state index is -1.03. The molecule has 0 spiro atoms. The zero-order valence-corrected chi connectivity index (χ0v) is 8.80. The first-order valence-corrected chi connectivity index (χ1v) is 5.23. The molecule has 0 unspecified atom stereocenters. The highest BCUT2D eigenvalue weighted by molar-refractivity contribution is 5.79. The Labute approximate surface area is 93.5 Å². The van der Waals surface area contributed by atoms with Crippen molar-refractivity contribution >= 4 is 12.2 Å². The van der Waals surface area contributed by atoms with Gasteiger partial charge in [0.1, 0.15) is 0 Å². The van der Waals surface area contributed by atoms with Crippen molar-refractivity contribution in [3.05, 3.63) is 35.4 Å². The molecule has 0 aromatic heterocycles. The molecule has 2 rings (SSSR count). The topological polar surface area (TPSA) is 58.9 Å². The Hall–Kier alpha value is -1.84. The molecule has 1 aliphatic rings.